The predicted octanol–water partition coefficient (Wildman–Crippen LogP) is 1.80. The molecule has 0 aromatic heterocycles. The van der Waals surface area contributed by atoms with Gasteiger partial charge < -0.3 is 20.6 Å². The van der Waals surface area contributed by atoms with Crippen LogP contribution in [0.25, 0.3) is 10.8 Å². The number of aromatic hydroxyl groups is 1. The number of nitriles is 1. The van der Waals surface area contributed by atoms with Gasteiger partial charge in [-0.2, -0.15) is 5.26 Å². The minimum atomic E-state index is -0.269. The smallest absolute Gasteiger partial charge is 0.266 e. The van der Waals surface area contributed by atoms with Crippen LogP contribution in [0.3, 0.4) is 0 Å². The molecular weight excluding hydrogens is 304 g/mol. The van der Waals surface area contributed by atoms with E-state index >= 15 is 0 Å². The molecule has 6 nitrogen and oxygen atoms in total. The summed E-state index contributed by atoms with van der Waals surface area (Å²) in [7, 11) is 0. The van der Waals surface area contributed by atoms with E-state index in [1.54, 1.807) is 17.0 Å². The third kappa shape index (κ3) is 3.16. The van der Waals surface area contributed by atoms with Gasteiger partial charge in [-0.25, -0.2) is 0 Å². The number of amides is 1. The largest absolute Gasteiger partial charge is 0.507 e. The molecule has 0 aliphatic carbocycles. The highest BCUT2D eigenvalue weighted by molar-refractivity contribution is 6.00. The lowest BCUT2D eigenvalue weighted by Gasteiger charge is -2.27. The average Bonchev–Trinajstić information content (AvgIpc) is 2.63. The van der Waals surface area contributed by atoms with E-state index in [1.165, 1.54) is 6.20 Å². The van der Waals surface area contributed by atoms with E-state index in [2.05, 4.69) is 10.6 Å². The summed E-state index contributed by atoms with van der Waals surface area (Å²) in [5.41, 5.74) is 0.790. The maximum Gasteiger partial charge on any atom is 0.266 e. The van der Waals surface area contributed by atoms with Crippen molar-refractivity contribution in [3.8, 4) is 11.8 Å². The molecule has 1 saturated heterocycles. The van der Waals surface area contributed by atoms with Crippen molar-refractivity contribution in [1.82, 2.24) is 10.2 Å². The number of anilines is 1. The standard InChI is InChI=1S/C18H18N4O2/c19-11-13(18(24)22-9-7-20-8-10-22)12-21-16-5-1-4-15-14(16)3-2-6-17(15)23/h1-6,12,20-21,23H,7-10H2/b13-12-. The first-order valence-corrected chi connectivity index (χ1v) is 7.78. The number of benzene rings is 2. The molecule has 0 radical (unpaired) electrons. The van der Waals surface area contributed by atoms with Gasteiger partial charge >= 0.3 is 0 Å². The molecule has 1 aliphatic rings. The molecule has 2 aromatic carbocycles. The molecule has 6 heteroatoms. The monoisotopic (exact) mass is 322 g/mol. The zero-order chi connectivity index (χ0) is 16.9. The Kier molecular flexibility index (Phi) is 4.64. The summed E-state index contributed by atoms with van der Waals surface area (Å²) in [6, 6.07) is 12.7. The minimum Gasteiger partial charge on any atom is -0.507 e. The van der Waals surface area contributed by atoms with Crippen molar-refractivity contribution >= 4 is 22.4 Å². The maximum atomic E-state index is 12.4. The second kappa shape index (κ2) is 7.02. The van der Waals surface area contributed by atoms with Crippen LogP contribution in [-0.4, -0.2) is 42.1 Å². The van der Waals surface area contributed by atoms with Crippen molar-refractivity contribution in [2.45, 2.75) is 0 Å². The van der Waals surface area contributed by atoms with Crippen molar-refractivity contribution < 1.29 is 9.90 Å². The topological polar surface area (TPSA) is 88.4 Å². The fourth-order valence-corrected chi connectivity index (χ4v) is 2.75. The predicted molar refractivity (Wildman–Crippen MR) is 92.4 cm³/mol. The number of carbonyl (C=O) groups is 1. The van der Waals surface area contributed by atoms with Gasteiger partial charge in [-0.15, -0.1) is 0 Å². The van der Waals surface area contributed by atoms with Gasteiger partial charge in [0.15, 0.2) is 0 Å². The van der Waals surface area contributed by atoms with Gasteiger partial charge in [-0.05, 0) is 12.1 Å². The van der Waals surface area contributed by atoms with Gasteiger partial charge in [0.05, 0.1) is 0 Å². The number of nitrogens with zero attached hydrogens (tertiary/aromatic N) is 2. The Bertz CT molecular complexity index is 833. The van der Waals surface area contributed by atoms with Gasteiger partial charge in [0.1, 0.15) is 17.4 Å². The van der Waals surface area contributed by atoms with Crippen LogP contribution in [0.15, 0.2) is 48.2 Å². The van der Waals surface area contributed by atoms with E-state index in [9.17, 15) is 15.2 Å². The summed E-state index contributed by atoms with van der Waals surface area (Å²) in [6.45, 7) is 2.67. The fourth-order valence-electron chi connectivity index (χ4n) is 2.75. The third-order valence-corrected chi connectivity index (χ3v) is 4.03. The number of piperazine rings is 1. The minimum absolute atomic E-state index is 0.0639. The second-order valence-electron chi connectivity index (χ2n) is 5.53. The quantitative estimate of drug-likeness (QED) is 0.592. The molecule has 0 bridgehead atoms. The molecule has 1 aliphatic heterocycles. The summed E-state index contributed by atoms with van der Waals surface area (Å²) in [4.78, 5) is 14.1. The summed E-state index contributed by atoms with van der Waals surface area (Å²) in [5, 5.41) is 26.9. The van der Waals surface area contributed by atoms with Crippen LogP contribution in [0.4, 0.5) is 5.69 Å². The van der Waals surface area contributed by atoms with Gasteiger partial charge in [0, 0.05) is 48.8 Å². The number of fused-ring (bicyclic) bond motifs is 1. The van der Waals surface area contributed by atoms with Gasteiger partial charge in [0.2, 0.25) is 0 Å². The van der Waals surface area contributed by atoms with E-state index in [1.807, 2.05) is 30.3 Å². The number of rotatable bonds is 3. The Morgan fingerprint density at radius 2 is 1.92 bits per heavy atom. The normalized spacial score (nSPS) is 15.1. The zero-order valence-corrected chi connectivity index (χ0v) is 13.1. The first-order valence-electron chi connectivity index (χ1n) is 7.78. The molecule has 0 saturated carbocycles. The molecule has 1 fully saturated rings. The maximum absolute atomic E-state index is 12.4. The van der Waals surface area contributed by atoms with Crippen LogP contribution in [0.2, 0.25) is 0 Å². The number of hydrogen-bond donors (Lipinski definition) is 3. The fraction of sp³-hybridized carbons (Fsp3) is 0.222. The summed E-state index contributed by atoms with van der Waals surface area (Å²) >= 11 is 0. The molecule has 0 spiro atoms. The van der Waals surface area contributed by atoms with Crippen LogP contribution >= 0.6 is 0 Å². The summed E-state index contributed by atoms with van der Waals surface area (Å²) in [5.74, 6) is -0.0767. The van der Waals surface area contributed by atoms with Crippen LogP contribution in [0.5, 0.6) is 5.75 Å². The number of nitrogens with one attached hydrogen (secondary N) is 2. The van der Waals surface area contributed by atoms with Crippen LogP contribution in [0, 0.1) is 11.3 Å². The lowest BCUT2D eigenvalue weighted by molar-refractivity contribution is -0.127. The molecule has 3 rings (SSSR count). The molecule has 1 heterocycles. The van der Waals surface area contributed by atoms with Crippen LogP contribution < -0.4 is 10.6 Å². The molecule has 0 atom stereocenters. The van der Waals surface area contributed by atoms with Crippen LogP contribution in [-0.2, 0) is 4.79 Å². The summed E-state index contributed by atoms with van der Waals surface area (Å²) < 4.78 is 0. The molecule has 0 unspecified atom stereocenters. The van der Waals surface area contributed by atoms with Crippen molar-refractivity contribution in [3.05, 3.63) is 48.2 Å². The van der Waals surface area contributed by atoms with E-state index in [0.29, 0.717) is 18.5 Å². The molecule has 24 heavy (non-hydrogen) atoms. The van der Waals surface area contributed by atoms with Gasteiger partial charge in [-0.3, -0.25) is 4.79 Å². The van der Waals surface area contributed by atoms with Crippen molar-refractivity contribution in [1.29, 1.82) is 5.26 Å². The van der Waals surface area contributed by atoms with Crippen molar-refractivity contribution in [2.24, 2.45) is 0 Å². The highest BCUT2D eigenvalue weighted by atomic mass is 16.3. The van der Waals surface area contributed by atoms with Gasteiger partial charge in [-0.1, -0.05) is 24.3 Å². The molecular formula is C18H18N4O2. The number of hydrogen-bond acceptors (Lipinski definition) is 5. The SMILES string of the molecule is N#C/C(=C/Nc1cccc2c(O)cccc12)C(=O)N1CCNCC1. The Morgan fingerprint density at radius 3 is 2.67 bits per heavy atom. The molecule has 122 valence electrons. The first-order chi connectivity index (χ1) is 11.7. The molecule has 1 amide bonds. The van der Waals surface area contributed by atoms with E-state index in [-0.39, 0.29) is 17.2 Å². The van der Waals surface area contributed by atoms with Crippen LogP contribution in [0.1, 0.15) is 0 Å². The molecule has 2 aromatic rings. The second-order valence-corrected chi connectivity index (χ2v) is 5.53. The lowest BCUT2D eigenvalue weighted by Crippen LogP contribution is -2.46. The first kappa shape index (κ1) is 15.8. The Balaban J connectivity index is 1.85. The Labute approximate surface area is 140 Å². The zero-order valence-electron chi connectivity index (χ0n) is 13.1. The lowest BCUT2D eigenvalue weighted by atomic mass is 10.1. The highest BCUT2D eigenvalue weighted by Gasteiger charge is 2.20. The van der Waals surface area contributed by atoms with E-state index in [4.69, 9.17) is 0 Å². The van der Waals surface area contributed by atoms with Crippen molar-refractivity contribution in [3.63, 3.8) is 0 Å². The average molecular weight is 322 g/mol. The third-order valence-electron chi connectivity index (χ3n) is 4.03. The summed E-state index contributed by atoms with van der Waals surface area (Å²) in [6.07, 6.45) is 1.43. The number of phenolic OH excluding ortho intramolecular Hbond substituents is 1. The van der Waals surface area contributed by atoms with Gasteiger partial charge in [0.25, 0.3) is 5.91 Å². The molecule has 3 N–H and O–H groups in total. The Morgan fingerprint density at radius 1 is 1.21 bits per heavy atom. The van der Waals surface area contributed by atoms with Crippen molar-refractivity contribution in [2.75, 3.05) is 31.5 Å². The highest BCUT2D eigenvalue weighted by Crippen LogP contribution is 2.29. The number of phenols is 1. The Hall–Kier alpha value is -3.04. The van der Waals surface area contributed by atoms with E-state index < -0.39 is 0 Å². The number of carbonyl (C=O) groups excluding carboxylic acids is 1. The van der Waals surface area contributed by atoms with E-state index in [0.717, 1.165) is 24.2 Å².